The lowest BCUT2D eigenvalue weighted by atomic mass is 9.84. The minimum absolute atomic E-state index is 0.0407. The van der Waals surface area contributed by atoms with Crippen LogP contribution in [0.1, 0.15) is 39.2 Å². The zero-order chi connectivity index (χ0) is 17.1. The summed E-state index contributed by atoms with van der Waals surface area (Å²) in [5, 5.41) is 15.4. The van der Waals surface area contributed by atoms with Crippen LogP contribution in [0.3, 0.4) is 0 Å². The van der Waals surface area contributed by atoms with Gasteiger partial charge in [0.1, 0.15) is 5.75 Å². The molecule has 23 heavy (non-hydrogen) atoms. The Kier molecular flexibility index (Phi) is 5.19. The van der Waals surface area contributed by atoms with Crippen LogP contribution in [0.15, 0.2) is 24.3 Å². The summed E-state index contributed by atoms with van der Waals surface area (Å²) in [6.45, 7) is 6.47. The van der Waals surface area contributed by atoms with Crippen molar-refractivity contribution in [2.45, 2.75) is 44.6 Å². The maximum atomic E-state index is 12.2. The Balaban J connectivity index is 1.97. The first-order chi connectivity index (χ1) is 10.8. The van der Waals surface area contributed by atoms with E-state index in [1.807, 2.05) is 31.2 Å². The third-order valence-corrected chi connectivity index (χ3v) is 4.73. The normalized spacial score (nSPS) is 17.3. The molecule has 5 nitrogen and oxygen atoms in total. The van der Waals surface area contributed by atoms with E-state index in [1.54, 1.807) is 7.11 Å². The van der Waals surface area contributed by atoms with Gasteiger partial charge in [-0.1, -0.05) is 32.0 Å². The van der Waals surface area contributed by atoms with Crippen LogP contribution < -0.4 is 15.4 Å². The van der Waals surface area contributed by atoms with E-state index in [1.165, 1.54) is 0 Å². The highest BCUT2D eigenvalue weighted by molar-refractivity contribution is 5.75. The van der Waals surface area contributed by atoms with Crippen molar-refractivity contribution in [1.29, 1.82) is 0 Å². The van der Waals surface area contributed by atoms with E-state index in [9.17, 15) is 9.90 Å². The Morgan fingerprint density at radius 3 is 2.52 bits per heavy atom. The number of benzene rings is 1. The Morgan fingerprint density at radius 1 is 1.30 bits per heavy atom. The number of hydrogen-bond donors (Lipinski definition) is 3. The second-order valence-corrected chi connectivity index (χ2v) is 7.24. The van der Waals surface area contributed by atoms with E-state index in [0.29, 0.717) is 12.5 Å². The molecule has 0 bridgehead atoms. The first-order valence-electron chi connectivity index (χ1n) is 8.13. The number of aliphatic hydroxyl groups excluding tert-OH is 1. The van der Waals surface area contributed by atoms with Crippen molar-refractivity contribution in [2.75, 3.05) is 20.3 Å². The largest absolute Gasteiger partial charge is 0.496 e. The van der Waals surface area contributed by atoms with Crippen LogP contribution in [0.25, 0.3) is 0 Å². The predicted molar refractivity (Wildman–Crippen MR) is 90.8 cm³/mol. The van der Waals surface area contributed by atoms with Crippen LogP contribution >= 0.6 is 0 Å². The highest BCUT2D eigenvalue weighted by Crippen LogP contribution is 2.39. The van der Waals surface area contributed by atoms with Gasteiger partial charge in [0.25, 0.3) is 0 Å². The lowest BCUT2D eigenvalue weighted by Crippen LogP contribution is -2.55. The summed E-state index contributed by atoms with van der Waals surface area (Å²) in [4.78, 5) is 12.2. The maximum absolute atomic E-state index is 12.2. The fourth-order valence-electron chi connectivity index (χ4n) is 2.89. The molecule has 1 aliphatic carbocycles. The number of ether oxygens (including phenoxy) is 1. The number of aliphatic hydroxyl groups is 1. The van der Waals surface area contributed by atoms with Crippen molar-refractivity contribution in [3.05, 3.63) is 29.8 Å². The molecule has 1 aromatic carbocycles. The van der Waals surface area contributed by atoms with Crippen LogP contribution in [0.4, 0.5) is 4.79 Å². The minimum atomic E-state index is -0.529. The molecule has 3 N–H and O–H groups in total. The lowest BCUT2D eigenvalue weighted by molar-refractivity contribution is 0.154. The lowest BCUT2D eigenvalue weighted by Gasteiger charge is -2.31. The van der Waals surface area contributed by atoms with Crippen LogP contribution in [-0.4, -0.2) is 36.9 Å². The van der Waals surface area contributed by atoms with E-state index in [2.05, 4.69) is 24.5 Å². The van der Waals surface area contributed by atoms with E-state index < -0.39 is 5.54 Å². The van der Waals surface area contributed by atoms with E-state index in [-0.39, 0.29) is 18.1 Å². The number of methoxy groups -OCH3 is 1. The van der Waals surface area contributed by atoms with Gasteiger partial charge in [-0.15, -0.1) is 0 Å². The summed E-state index contributed by atoms with van der Waals surface area (Å²) in [5.74, 6) is 1.19. The van der Waals surface area contributed by atoms with Gasteiger partial charge in [-0.25, -0.2) is 4.79 Å². The summed E-state index contributed by atoms with van der Waals surface area (Å²) in [7, 11) is 1.65. The summed E-state index contributed by atoms with van der Waals surface area (Å²) in [6.07, 6.45) is 2.12. The Morgan fingerprint density at radius 2 is 1.96 bits per heavy atom. The number of amides is 2. The number of carbonyl (C=O) groups excluding carboxylic acids is 1. The van der Waals surface area contributed by atoms with Gasteiger partial charge in [-0.3, -0.25) is 0 Å². The summed E-state index contributed by atoms with van der Waals surface area (Å²) in [6, 6.07) is 7.60. The molecule has 0 aromatic heterocycles. The molecule has 0 aliphatic heterocycles. The molecule has 1 atom stereocenters. The fraction of sp³-hybridized carbons (Fsp3) is 0.611. The molecule has 0 heterocycles. The standard InChI is InChI=1S/C18H28N2O3/c1-17(2,14-7-5-6-8-15(14)23-4)11-19-16(22)20-18(3,12-21)13-9-10-13/h5-8,13,21H,9-12H2,1-4H3,(H2,19,20,22)/t18-/m1/s1. The molecular formula is C18H28N2O3. The highest BCUT2D eigenvalue weighted by atomic mass is 16.5. The Hall–Kier alpha value is -1.75. The van der Waals surface area contributed by atoms with Gasteiger partial charge < -0.3 is 20.5 Å². The maximum Gasteiger partial charge on any atom is 0.315 e. The van der Waals surface area contributed by atoms with Gasteiger partial charge >= 0.3 is 6.03 Å². The predicted octanol–water partition coefficient (Wildman–Crippen LogP) is 2.43. The average Bonchev–Trinajstić information content (AvgIpc) is 3.38. The second-order valence-electron chi connectivity index (χ2n) is 7.24. The van der Waals surface area contributed by atoms with E-state index in [0.717, 1.165) is 24.2 Å². The molecule has 1 fully saturated rings. The third-order valence-electron chi connectivity index (χ3n) is 4.73. The zero-order valence-electron chi connectivity index (χ0n) is 14.5. The zero-order valence-corrected chi connectivity index (χ0v) is 14.5. The number of para-hydroxylation sites is 1. The summed E-state index contributed by atoms with van der Waals surface area (Å²) >= 11 is 0. The monoisotopic (exact) mass is 320 g/mol. The molecule has 0 saturated heterocycles. The third kappa shape index (κ3) is 4.16. The Labute approximate surface area is 138 Å². The van der Waals surface area contributed by atoms with Crippen molar-refractivity contribution in [3.8, 4) is 5.75 Å². The molecule has 0 unspecified atom stereocenters. The highest BCUT2D eigenvalue weighted by Gasteiger charge is 2.42. The summed E-state index contributed by atoms with van der Waals surface area (Å²) in [5.41, 5.74) is 0.257. The molecular weight excluding hydrogens is 292 g/mol. The number of carbonyl (C=O) groups is 1. The number of nitrogens with one attached hydrogen (secondary N) is 2. The van der Waals surface area contributed by atoms with Crippen LogP contribution in [0.2, 0.25) is 0 Å². The second kappa shape index (κ2) is 6.79. The first-order valence-corrected chi connectivity index (χ1v) is 8.13. The molecule has 0 spiro atoms. The molecule has 1 aliphatic rings. The SMILES string of the molecule is COc1ccccc1C(C)(C)CNC(=O)N[C@](C)(CO)C1CC1. The van der Waals surface area contributed by atoms with Gasteiger partial charge in [0.2, 0.25) is 0 Å². The van der Waals surface area contributed by atoms with Gasteiger partial charge in [0.05, 0.1) is 19.3 Å². The quantitative estimate of drug-likeness (QED) is 0.722. The number of urea groups is 1. The van der Waals surface area contributed by atoms with Crippen molar-refractivity contribution >= 4 is 6.03 Å². The minimum Gasteiger partial charge on any atom is -0.496 e. The molecule has 0 radical (unpaired) electrons. The number of rotatable bonds is 7. The van der Waals surface area contributed by atoms with Crippen LogP contribution in [-0.2, 0) is 5.41 Å². The van der Waals surface area contributed by atoms with E-state index in [4.69, 9.17) is 4.74 Å². The van der Waals surface area contributed by atoms with Crippen molar-refractivity contribution in [1.82, 2.24) is 10.6 Å². The van der Waals surface area contributed by atoms with Crippen molar-refractivity contribution < 1.29 is 14.6 Å². The number of hydrogen-bond acceptors (Lipinski definition) is 3. The van der Waals surface area contributed by atoms with E-state index >= 15 is 0 Å². The van der Waals surface area contributed by atoms with Crippen LogP contribution in [0.5, 0.6) is 5.75 Å². The average molecular weight is 320 g/mol. The molecule has 1 saturated carbocycles. The molecule has 2 amide bonds. The van der Waals surface area contributed by atoms with Crippen molar-refractivity contribution in [2.24, 2.45) is 5.92 Å². The summed E-state index contributed by atoms with van der Waals surface area (Å²) < 4.78 is 5.41. The molecule has 5 heteroatoms. The smallest absolute Gasteiger partial charge is 0.315 e. The van der Waals surface area contributed by atoms with Gasteiger partial charge in [0.15, 0.2) is 0 Å². The van der Waals surface area contributed by atoms with Gasteiger partial charge in [0, 0.05) is 17.5 Å². The van der Waals surface area contributed by atoms with Crippen molar-refractivity contribution in [3.63, 3.8) is 0 Å². The van der Waals surface area contributed by atoms with Gasteiger partial charge in [-0.05, 0) is 31.7 Å². The molecule has 2 rings (SSSR count). The fourth-order valence-corrected chi connectivity index (χ4v) is 2.89. The first kappa shape index (κ1) is 17.6. The van der Waals surface area contributed by atoms with Gasteiger partial charge in [-0.2, -0.15) is 0 Å². The molecule has 128 valence electrons. The topological polar surface area (TPSA) is 70.6 Å². The van der Waals surface area contributed by atoms with Crippen LogP contribution in [0, 0.1) is 5.92 Å². The Bertz CT molecular complexity index is 555. The molecule has 1 aromatic rings.